The topological polar surface area (TPSA) is 108 Å². The zero-order valence-electron chi connectivity index (χ0n) is 20.5. The number of fused-ring (bicyclic) bond motifs is 2. The van der Waals surface area contributed by atoms with Crippen LogP contribution >= 0.6 is 23.1 Å². The number of thiazole rings is 1. The highest BCUT2D eigenvalue weighted by Gasteiger charge is 2.18. The Morgan fingerprint density at radius 1 is 0.921 bits per heavy atom. The van der Waals surface area contributed by atoms with Gasteiger partial charge in [-0.1, -0.05) is 41.7 Å². The first-order valence-corrected chi connectivity index (χ1v) is 13.5. The number of benzene rings is 4. The van der Waals surface area contributed by atoms with Gasteiger partial charge in [-0.25, -0.2) is 9.78 Å². The minimum absolute atomic E-state index is 0.0771. The Labute approximate surface area is 226 Å². The molecule has 0 saturated carbocycles. The fraction of sp³-hybridized carbons (Fsp3) is 0.103. The van der Waals surface area contributed by atoms with Crippen LogP contribution in [-0.2, 0) is 4.79 Å². The molecule has 1 atom stereocenters. The number of anilines is 2. The molecule has 0 aliphatic heterocycles. The minimum Gasteiger partial charge on any atom is -0.478 e. The molecule has 0 aliphatic rings. The van der Waals surface area contributed by atoms with Crippen LogP contribution < -0.4 is 10.6 Å². The lowest BCUT2D eigenvalue weighted by molar-refractivity contribution is -0.115. The number of aromatic nitrogens is 1. The molecule has 5 rings (SSSR count). The quantitative estimate of drug-likeness (QED) is 0.195. The van der Waals surface area contributed by atoms with Gasteiger partial charge in [0.2, 0.25) is 5.91 Å². The van der Waals surface area contributed by atoms with E-state index in [2.05, 4.69) is 15.6 Å². The van der Waals surface area contributed by atoms with E-state index in [0.29, 0.717) is 21.6 Å². The number of aromatic carboxylic acids is 1. The van der Waals surface area contributed by atoms with Gasteiger partial charge in [-0.05, 0) is 73.3 Å². The number of carbonyl (C=O) groups excluding carboxylic acids is 2. The highest BCUT2D eigenvalue weighted by molar-refractivity contribution is 8.00. The van der Waals surface area contributed by atoms with Gasteiger partial charge in [-0.2, -0.15) is 0 Å². The van der Waals surface area contributed by atoms with Crippen molar-refractivity contribution >= 4 is 72.7 Å². The van der Waals surface area contributed by atoms with Crippen LogP contribution in [0.4, 0.5) is 10.8 Å². The molecule has 0 fully saturated rings. The van der Waals surface area contributed by atoms with Gasteiger partial charge in [0.05, 0.1) is 21.0 Å². The number of hydrogen-bond acceptors (Lipinski definition) is 6. The fourth-order valence-corrected chi connectivity index (χ4v) is 5.91. The van der Waals surface area contributed by atoms with E-state index in [1.165, 1.54) is 29.2 Å². The Balaban J connectivity index is 1.24. The number of hydrogen-bond donors (Lipinski definition) is 3. The summed E-state index contributed by atoms with van der Waals surface area (Å²) in [5.41, 5.74) is 2.93. The van der Waals surface area contributed by atoms with Crippen molar-refractivity contribution in [3.05, 3.63) is 95.6 Å². The van der Waals surface area contributed by atoms with Gasteiger partial charge < -0.3 is 15.7 Å². The van der Waals surface area contributed by atoms with Gasteiger partial charge in [-0.15, -0.1) is 11.8 Å². The second-order valence-corrected chi connectivity index (χ2v) is 11.2. The lowest BCUT2D eigenvalue weighted by Crippen LogP contribution is -2.22. The Bertz CT molecular complexity index is 1690. The number of nitrogens with zero attached hydrogens (tertiary/aromatic N) is 1. The summed E-state index contributed by atoms with van der Waals surface area (Å²) in [6, 6.07) is 23.2. The van der Waals surface area contributed by atoms with Gasteiger partial charge in [0.25, 0.3) is 5.91 Å². The van der Waals surface area contributed by atoms with E-state index >= 15 is 0 Å². The van der Waals surface area contributed by atoms with Crippen molar-refractivity contribution in [2.24, 2.45) is 0 Å². The van der Waals surface area contributed by atoms with E-state index in [4.69, 9.17) is 0 Å². The monoisotopic (exact) mass is 541 g/mol. The third-order valence-corrected chi connectivity index (χ3v) is 7.99. The van der Waals surface area contributed by atoms with Gasteiger partial charge >= 0.3 is 5.97 Å². The number of rotatable bonds is 7. The molecule has 9 heteroatoms. The first-order chi connectivity index (χ1) is 18.3. The smallest absolute Gasteiger partial charge is 0.336 e. The van der Waals surface area contributed by atoms with Crippen molar-refractivity contribution < 1.29 is 19.5 Å². The van der Waals surface area contributed by atoms with E-state index in [0.717, 1.165) is 20.7 Å². The number of carboxylic acid groups (broad SMARTS) is 1. The number of carbonyl (C=O) groups is 3. The van der Waals surface area contributed by atoms with Crippen LogP contribution in [-0.4, -0.2) is 33.1 Å². The first kappa shape index (κ1) is 25.4. The Hall–Kier alpha value is -4.21. The average molecular weight is 542 g/mol. The molecular formula is C29H23N3O4S2. The van der Waals surface area contributed by atoms with Crippen LogP contribution in [0.2, 0.25) is 0 Å². The molecule has 0 saturated heterocycles. The molecule has 0 spiro atoms. The molecule has 5 aromatic rings. The lowest BCUT2D eigenvalue weighted by Gasteiger charge is -2.12. The van der Waals surface area contributed by atoms with Crippen molar-refractivity contribution in [3.63, 3.8) is 0 Å². The Morgan fingerprint density at radius 2 is 1.63 bits per heavy atom. The highest BCUT2D eigenvalue weighted by atomic mass is 32.2. The van der Waals surface area contributed by atoms with Gasteiger partial charge in [0.1, 0.15) is 0 Å². The molecule has 0 radical (unpaired) electrons. The van der Waals surface area contributed by atoms with Crippen LogP contribution in [0.15, 0.2) is 83.8 Å². The zero-order valence-corrected chi connectivity index (χ0v) is 22.2. The third-order valence-electron chi connectivity index (χ3n) is 5.95. The van der Waals surface area contributed by atoms with Crippen LogP contribution in [0.1, 0.15) is 33.2 Å². The molecule has 3 N–H and O–H groups in total. The normalized spacial score (nSPS) is 11.8. The van der Waals surface area contributed by atoms with E-state index in [-0.39, 0.29) is 22.3 Å². The maximum atomic E-state index is 13.0. The first-order valence-electron chi connectivity index (χ1n) is 11.8. The Kier molecular flexibility index (Phi) is 7.13. The maximum absolute atomic E-state index is 13.0. The number of carboxylic acids is 1. The van der Waals surface area contributed by atoms with Crippen molar-refractivity contribution in [1.29, 1.82) is 0 Å². The van der Waals surface area contributed by atoms with Crippen molar-refractivity contribution in [1.82, 2.24) is 4.98 Å². The minimum atomic E-state index is -1.09. The van der Waals surface area contributed by atoms with Crippen molar-refractivity contribution in [2.75, 3.05) is 10.6 Å². The summed E-state index contributed by atoms with van der Waals surface area (Å²) in [6.45, 7) is 3.85. The summed E-state index contributed by atoms with van der Waals surface area (Å²) in [6.07, 6.45) is 0. The van der Waals surface area contributed by atoms with Crippen LogP contribution in [0.3, 0.4) is 0 Å². The number of nitrogens with one attached hydrogen (secondary N) is 2. The molecule has 2 amide bonds. The molecule has 1 aromatic heterocycles. The van der Waals surface area contributed by atoms with E-state index in [1.54, 1.807) is 42.5 Å². The predicted molar refractivity (Wildman–Crippen MR) is 154 cm³/mol. The lowest BCUT2D eigenvalue weighted by atomic mass is 9.98. The Morgan fingerprint density at radius 3 is 2.34 bits per heavy atom. The number of aryl methyl sites for hydroxylation is 1. The number of amides is 2. The summed E-state index contributed by atoms with van der Waals surface area (Å²) < 4.78 is 1.03. The van der Waals surface area contributed by atoms with Crippen molar-refractivity contribution in [2.45, 2.75) is 24.0 Å². The molecule has 1 heterocycles. The van der Waals surface area contributed by atoms with Gasteiger partial charge in [0.15, 0.2) is 5.13 Å². The molecule has 38 heavy (non-hydrogen) atoms. The largest absolute Gasteiger partial charge is 0.478 e. The van der Waals surface area contributed by atoms with E-state index < -0.39 is 11.9 Å². The molecule has 0 bridgehead atoms. The zero-order chi connectivity index (χ0) is 26.8. The van der Waals surface area contributed by atoms with Crippen LogP contribution in [0.5, 0.6) is 0 Å². The molecule has 0 aliphatic carbocycles. The summed E-state index contributed by atoms with van der Waals surface area (Å²) in [4.78, 5) is 42.9. The van der Waals surface area contributed by atoms with Crippen LogP contribution in [0.25, 0.3) is 21.0 Å². The second-order valence-electron chi connectivity index (χ2n) is 8.73. The molecule has 4 aromatic carbocycles. The average Bonchev–Trinajstić information content (AvgIpc) is 3.30. The van der Waals surface area contributed by atoms with Crippen molar-refractivity contribution in [3.8, 4) is 0 Å². The van der Waals surface area contributed by atoms with Crippen LogP contribution in [0, 0.1) is 6.92 Å². The number of thioether (sulfide) groups is 1. The molecular weight excluding hydrogens is 518 g/mol. The summed E-state index contributed by atoms with van der Waals surface area (Å²) >= 11 is 2.85. The maximum Gasteiger partial charge on any atom is 0.336 e. The third kappa shape index (κ3) is 5.39. The SMILES string of the molecule is Cc1ccc2nc(NC(=O)C(C)Sc3ccc(NC(=O)c4cccc5cccc(C(=O)O)c45)cc3)sc2c1. The standard InChI is InChI=1S/C29H23N3O4S2/c1-16-9-14-23-24(15-16)38-29(31-23)32-26(33)17(2)37-20-12-10-19(11-13-20)30-27(34)21-7-3-5-18-6-4-8-22(25(18)21)28(35)36/h3-15,17H,1-2H3,(H,30,34)(H,35,36)(H,31,32,33). The summed E-state index contributed by atoms with van der Waals surface area (Å²) in [7, 11) is 0. The highest BCUT2D eigenvalue weighted by Crippen LogP contribution is 2.30. The molecule has 190 valence electrons. The van der Waals surface area contributed by atoms with Gasteiger partial charge in [0, 0.05) is 21.5 Å². The predicted octanol–water partition coefficient (Wildman–Crippen LogP) is 6.83. The van der Waals surface area contributed by atoms with Gasteiger partial charge in [-0.3, -0.25) is 9.59 Å². The summed E-state index contributed by atoms with van der Waals surface area (Å²) in [5, 5.41) is 16.6. The van der Waals surface area contributed by atoms with E-state index in [1.807, 2.05) is 44.2 Å². The molecule has 7 nitrogen and oxygen atoms in total. The molecule has 1 unspecified atom stereocenters. The second kappa shape index (κ2) is 10.6. The fourth-order valence-electron chi connectivity index (χ4n) is 4.07. The van der Waals surface area contributed by atoms with E-state index in [9.17, 15) is 19.5 Å². The summed E-state index contributed by atoms with van der Waals surface area (Å²) in [5.74, 6) is -1.63.